The molecule has 0 amide bonds. The van der Waals surface area contributed by atoms with E-state index in [4.69, 9.17) is 4.74 Å². The molecule has 0 N–H and O–H groups in total. The highest BCUT2D eigenvalue weighted by Crippen LogP contribution is 2.38. The molecule has 1 fully saturated rings. The number of rotatable bonds is 2. The van der Waals surface area contributed by atoms with Crippen molar-refractivity contribution >= 4 is 11.0 Å². The predicted molar refractivity (Wildman–Crippen MR) is 54.6 cm³/mol. The fourth-order valence-corrected chi connectivity index (χ4v) is 1.84. The van der Waals surface area contributed by atoms with E-state index in [1.165, 1.54) is 18.4 Å². The van der Waals surface area contributed by atoms with E-state index in [1.807, 2.05) is 18.5 Å². The minimum Gasteiger partial charge on any atom is -0.494 e. The SMILES string of the molecule is COc1cccc2c1ncn2C1CC1. The molecule has 2 aromatic rings. The first kappa shape index (κ1) is 7.85. The number of methoxy groups -OCH3 is 1. The zero-order valence-corrected chi connectivity index (χ0v) is 8.10. The molecule has 0 radical (unpaired) electrons. The van der Waals surface area contributed by atoms with Gasteiger partial charge in [0.1, 0.15) is 11.3 Å². The average Bonchev–Trinajstić information content (AvgIpc) is 2.97. The number of hydrogen-bond donors (Lipinski definition) is 0. The van der Waals surface area contributed by atoms with Crippen LogP contribution < -0.4 is 4.74 Å². The second kappa shape index (κ2) is 2.74. The Morgan fingerprint density at radius 1 is 1.43 bits per heavy atom. The van der Waals surface area contributed by atoms with Crippen molar-refractivity contribution in [3.8, 4) is 5.75 Å². The summed E-state index contributed by atoms with van der Waals surface area (Å²) in [5.74, 6) is 0.863. The van der Waals surface area contributed by atoms with Crippen molar-refractivity contribution in [3.05, 3.63) is 24.5 Å². The van der Waals surface area contributed by atoms with Gasteiger partial charge in [0.25, 0.3) is 0 Å². The third-order valence-electron chi connectivity index (χ3n) is 2.73. The van der Waals surface area contributed by atoms with Gasteiger partial charge in [-0.1, -0.05) is 6.07 Å². The Bertz CT molecular complexity index is 471. The van der Waals surface area contributed by atoms with Crippen LogP contribution in [-0.2, 0) is 0 Å². The molecule has 1 aliphatic rings. The molecule has 1 aromatic heterocycles. The van der Waals surface area contributed by atoms with E-state index in [0.717, 1.165) is 11.3 Å². The largest absolute Gasteiger partial charge is 0.494 e. The lowest BCUT2D eigenvalue weighted by Crippen LogP contribution is -1.90. The second-order valence-corrected chi connectivity index (χ2v) is 3.71. The molecule has 0 saturated heterocycles. The van der Waals surface area contributed by atoms with Gasteiger partial charge in [-0.15, -0.1) is 0 Å². The van der Waals surface area contributed by atoms with Crippen LogP contribution in [-0.4, -0.2) is 16.7 Å². The van der Waals surface area contributed by atoms with E-state index in [-0.39, 0.29) is 0 Å². The van der Waals surface area contributed by atoms with Crippen molar-refractivity contribution < 1.29 is 4.74 Å². The van der Waals surface area contributed by atoms with Crippen LogP contribution in [0.25, 0.3) is 11.0 Å². The highest BCUT2D eigenvalue weighted by atomic mass is 16.5. The maximum absolute atomic E-state index is 5.27. The predicted octanol–water partition coefficient (Wildman–Crippen LogP) is 2.38. The number of fused-ring (bicyclic) bond motifs is 1. The van der Waals surface area contributed by atoms with E-state index in [1.54, 1.807) is 7.11 Å². The number of ether oxygens (including phenoxy) is 1. The van der Waals surface area contributed by atoms with Gasteiger partial charge in [0.2, 0.25) is 0 Å². The fraction of sp³-hybridized carbons (Fsp3) is 0.364. The number of nitrogens with zero attached hydrogens (tertiary/aromatic N) is 2. The molecule has 3 nitrogen and oxygen atoms in total. The Hall–Kier alpha value is -1.51. The minimum absolute atomic E-state index is 0.673. The Balaban J connectivity index is 2.25. The molecule has 1 aromatic carbocycles. The summed E-state index contributed by atoms with van der Waals surface area (Å²) in [5.41, 5.74) is 2.16. The number of para-hydroxylation sites is 1. The zero-order chi connectivity index (χ0) is 9.54. The molecule has 0 unspecified atom stereocenters. The van der Waals surface area contributed by atoms with Crippen molar-refractivity contribution in [1.29, 1.82) is 0 Å². The van der Waals surface area contributed by atoms with Gasteiger partial charge in [0, 0.05) is 6.04 Å². The van der Waals surface area contributed by atoms with Crippen molar-refractivity contribution in [2.24, 2.45) is 0 Å². The molecular weight excluding hydrogens is 176 g/mol. The molecule has 3 rings (SSSR count). The quantitative estimate of drug-likeness (QED) is 0.723. The maximum atomic E-state index is 5.27. The highest BCUT2D eigenvalue weighted by Gasteiger charge is 2.25. The highest BCUT2D eigenvalue weighted by molar-refractivity contribution is 5.82. The number of aromatic nitrogens is 2. The standard InChI is InChI=1S/C11H12N2O/c1-14-10-4-2-3-9-11(10)12-7-13(9)8-5-6-8/h2-4,7-8H,5-6H2,1H3. The van der Waals surface area contributed by atoms with Crippen molar-refractivity contribution in [1.82, 2.24) is 9.55 Å². The molecule has 0 atom stereocenters. The fourth-order valence-electron chi connectivity index (χ4n) is 1.84. The van der Waals surface area contributed by atoms with E-state index in [2.05, 4.69) is 15.6 Å². The Labute approximate surface area is 82.3 Å². The van der Waals surface area contributed by atoms with Crippen molar-refractivity contribution in [2.45, 2.75) is 18.9 Å². The number of hydrogen-bond acceptors (Lipinski definition) is 2. The summed E-state index contributed by atoms with van der Waals surface area (Å²) in [6.07, 6.45) is 4.48. The van der Waals surface area contributed by atoms with Crippen LogP contribution in [0.2, 0.25) is 0 Å². The first-order valence-corrected chi connectivity index (χ1v) is 4.89. The van der Waals surface area contributed by atoms with Gasteiger partial charge in [0.15, 0.2) is 0 Å². The normalized spacial score (nSPS) is 16.1. The van der Waals surface area contributed by atoms with Gasteiger partial charge in [-0.25, -0.2) is 4.98 Å². The van der Waals surface area contributed by atoms with E-state index in [9.17, 15) is 0 Å². The summed E-state index contributed by atoms with van der Waals surface area (Å²) in [7, 11) is 1.69. The number of benzene rings is 1. The van der Waals surface area contributed by atoms with Crippen LogP contribution in [0.4, 0.5) is 0 Å². The van der Waals surface area contributed by atoms with Gasteiger partial charge < -0.3 is 9.30 Å². The van der Waals surface area contributed by atoms with Crippen molar-refractivity contribution in [3.63, 3.8) is 0 Å². The topological polar surface area (TPSA) is 27.1 Å². The van der Waals surface area contributed by atoms with Crippen LogP contribution in [0.1, 0.15) is 18.9 Å². The summed E-state index contributed by atoms with van der Waals surface area (Å²) in [6, 6.07) is 6.74. The summed E-state index contributed by atoms with van der Waals surface area (Å²) in [6.45, 7) is 0. The Morgan fingerprint density at radius 2 is 2.29 bits per heavy atom. The van der Waals surface area contributed by atoms with Crippen LogP contribution in [0.5, 0.6) is 5.75 Å². The van der Waals surface area contributed by atoms with E-state index < -0.39 is 0 Å². The lowest BCUT2D eigenvalue weighted by atomic mass is 10.3. The molecule has 0 spiro atoms. The Morgan fingerprint density at radius 3 is 3.00 bits per heavy atom. The second-order valence-electron chi connectivity index (χ2n) is 3.71. The molecule has 3 heteroatoms. The molecule has 1 heterocycles. The summed E-state index contributed by atoms with van der Waals surface area (Å²) in [4.78, 5) is 4.39. The van der Waals surface area contributed by atoms with Gasteiger partial charge in [-0.2, -0.15) is 0 Å². The molecule has 1 saturated carbocycles. The minimum atomic E-state index is 0.673. The van der Waals surface area contributed by atoms with Crippen molar-refractivity contribution in [2.75, 3.05) is 7.11 Å². The number of imidazole rings is 1. The third-order valence-corrected chi connectivity index (χ3v) is 2.73. The first-order valence-electron chi connectivity index (χ1n) is 4.89. The lowest BCUT2D eigenvalue weighted by Gasteiger charge is -2.02. The summed E-state index contributed by atoms with van der Waals surface area (Å²) in [5, 5.41) is 0. The summed E-state index contributed by atoms with van der Waals surface area (Å²) >= 11 is 0. The molecule has 1 aliphatic carbocycles. The average molecular weight is 188 g/mol. The smallest absolute Gasteiger partial charge is 0.146 e. The van der Waals surface area contributed by atoms with E-state index >= 15 is 0 Å². The summed E-state index contributed by atoms with van der Waals surface area (Å²) < 4.78 is 7.51. The monoisotopic (exact) mass is 188 g/mol. The Kier molecular flexibility index (Phi) is 1.54. The van der Waals surface area contributed by atoms with E-state index in [0.29, 0.717) is 6.04 Å². The first-order chi connectivity index (χ1) is 6.90. The van der Waals surface area contributed by atoms with Crippen LogP contribution in [0.3, 0.4) is 0 Å². The lowest BCUT2D eigenvalue weighted by molar-refractivity contribution is 0.419. The molecular formula is C11H12N2O. The van der Waals surface area contributed by atoms with Crippen LogP contribution in [0.15, 0.2) is 24.5 Å². The molecule has 72 valence electrons. The zero-order valence-electron chi connectivity index (χ0n) is 8.10. The van der Waals surface area contributed by atoms with Gasteiger partial charge >= 0.3 is 0 Å². The molecule has 0 bridgehead atoms. The third kappa shape index (κ3) is 1.02. The van der Waals surface area contributed by atoms with Gasteiger partial charge in [0.05, 0.1) is 19.0 Å². The van der Waals surface area contributed by atoms with Gasteiger partial charge in [-0.3, -0.25) is 0 Å². The molecule has 0 aliphatic heterocycles. The maximum Gasteiger partial charge on any atom is 0.146 e. The van der Waals surface area contributed by atoms with Crippen LogP contribution >= 0.6 is 0 Å². The van der Waals surface area contributed by atoms with Crippen LogP contribution in [0, 0.1) is 0 Å². The molecule has 14 heavy (non-hydrogen) atoms. The van der Waals surface area contributed by atoms with Gasteiger partial charge in [-0.05, 0) is 25.0 Å².